The molecule has 1 aliphatic rings. The first kappa shape index (κ1) is 14.7. The molecule has 1 aromatic rings. The van der Waals surface area contributed by atoms with Gasteiger partial charge in [-0.05, 0) is 31.2 Å². The van der Waals surface area contributed by atoms with E-state index in [1.165, 1.54) is 25.9 Å². The highest BCUT2D eigenvalue weighted by molar-refractivity contribution is 5.89. The van der Waals surface area contributed by atoms with E-state index in [1.807, 2.05) is 31.2 Å². The molecule has 0 spiro atoms. The quantitative estimate of drug-likeness (QED) is 0.724. The molecule has 0 unspecified atom stereocenters. The fourth-order valence-electron chi connectivity index (χ4n) is 2.45. The topological polar surface area (TPSA) is 54.8 Å². The van der Waals surface area contributed by atoms with E-state index < -0.39 is 0 Å². The summed E-state index contributed by atoms with van der Waals surface area (Å²) in [7, 11) is 0. The maximum absolute atomic E-state index is 11.7. The molecule has 3 N–H and O–H groups in total. The molecule has 5 heteroatoms. The Morgan fingerprint density at radius 2 is 1.95 bits per heavy atom. The Balaban J connectivity index is 1.67. The van der Waals surface area contributed by atoms with E-state index in [0.717, 1.165) is 24.5 Å². The third-order valence-corrected chi connectivity index (χ3v) is 3.50. The number of amides is 2. The molecule has 0 aromatic heterocycles. The standard InChI is InChI=1S/C15H23N3O2/c1-2-20-14-7-5-13(6-8-14)17-15(19)16-9-12-18-10-3-4-11-18/h5-8H,2-4,9-12H2,1H3,(H2,16,17,19)/p+1. The van der Waals surface area contributed by atoms with Crippen molar-refractivity contribution in [2.45, 2.75) is 19.8 Å². The number of ether oxygens (including phenoxy) is 1. The summed E-state index contributed by atoms with van der Waals surface area (Å²) in [6.07, 6.45) is 2.63. The summed E-state index contributed by atoms with van der Waals surface area (Å²) < 4.78 is 5.36. The van der Waals surface area contributed by atoms with E-state index >= 15 is 0 Å². The van der Waals surface area contributed by atoms with Gasteiger partial charge in [0.2, 0.25) is 0 Å². The summed E-state index contributed by atoms with van der Waals surface area (Å²) in [4.78, 5) is 13.3. The normalized spacial score (nSPS) is 15.1. The smallest absolute Gasteiger partial charge is 0.319 e. The van der Waals surface area contributed by atoms with Crippen LogP contribution >= 0.6 is 0 Å². The number of urea groups is 1. The maximum atomic E-state index is 11.7. The van der Waals surface area contributed by atoms with Crippen LogP contribution in [-0.2, 0) is 0 Å². The number of hydrogen-bond donors (Lipinski definition) is 3. The zero-order valence-corrected chi connectivity index (χ0v) is 12.1. The van der Waals surface area contributed by atoms with Crippen molar-refractivity contribution in [3.05, 3.63) is 24.3 Å². The third-order valence-electron chi connectivity index (χ3n) is 3.50. The second kappa shape index (κ2) is 7.75. The summed E-state index contributed by atoms with van der Waals surface area (Å²) in [5.74, 6) is 0.816. The second-order valence-corrected chi connectivity index (χ2v) is 5.05. The molecule has 1 saturated heterocycles. The lowest BCUT2D eigenvalue weighted by molar-refractivity contribution is -0.886. The van der Waals surface area contributed by atoms with Crippen LogP contribution in [0.15, 0.2) is 24.3 Å². The van der Waals surface area contributed by atoms with Gasteiger partial charge in [-0.15, -0.1) is 0 Å². The van der Waals surface area contributed by atoms with Gasteiger partial charge in [-0.1, -0.05) is 0 Å². The summed E-state index contributed by atoms with van der Waals surface area (Å²) in [5.41, 5.74) is 0.777. The fraction of sp³-hybridized carbons (Fsp3) is 0.533. The number of hydrogen-bond acceptors (Lipinski definition) is 2. The lowest BCUT2D eigenvalue weighted by atomic mass is 10.3. The highest BCUT2D eigenvalue weighted by Gasteiger charge is 2.14. The number of benzene rings is 1. The predicted octanol–water partition coefficient (Wildman–Crippen LogP) is 0.885. The van der Waals surface area contributed by atoms with Crippen LogP contribution in [0.3, 0.4) is 0 Å². The molecular weight excluding hydrogens is 254 g/mol. The van der Waals surface area contributed by atoms with Crippen molar-refractivity contribution in [1.82, 2.24) is 5.32 Å². The van der Waals surface area contributed by atoms with Crippen LogP contribution in [0.4, 0.5) is 10.5 Å². The Labute approximate surface area is 120 Å². The summed E-state index contributed by atoms with van der Waals surface area (Å²) in [5, 5.41) is 5.72. The molecule has 1 aromatic carbocycles. The number of anilines is 1. The van der Waals surface area contributed by atoms with Crippen LogP contribution in [0.2, 0.25) is 0 Å². The van der Waals surface area contributed by atoms with Gasteiger partial charge in [-0.25, -0.2) is 4.79 Å². The van der Waals surface area contributed by atoms with Crippen molar-refractivity contribution in [2.75, 3.05) is 38.1 Å². The van der Waals surface area contributed by atoms with Gasteiger partial charge in [0.05, 0.1) is 32.8 Å². The maximum Gasteiger partial charge on any atom is 0.319 e. The Morgan fingerprint density at radius 1 is 1.25 bits per heavy atom. The van der Waals surface area contributed by atoms with Gasteiger partial charge in [0.15, 0.2) is 0 Å². The molecule has 0 radical (unpaired) electrons. The minimum atomic E-state index is -0.146. The van der Waals surface area contributed by atoms with E-state index in [-0.39, 0.29) is 6.03 Å². The number of carbonyl (C=O) groups is 1. The predicted molar refractivity (Wildman–Crippen MR) is 79.4 cm³/mol. The summed E-state index contributed by atoms with van der Waals surface area (Å²) in [6, 6.07) is 7.25. The number of quaternary nitrogens is 1. The molecule has 1 fully saturated rings. The number of nitrogens with one attached hydrogen (secondary N) is 3. The molecular formula is C15H24N3O2+. The molecule has 5 nitrogen and oxygen atoms in total. The van der Waals surface area contributed by atoms with Crippen LogP contribution in [0.1, 0.15) is 19.8 Å². The van der Waals surface area contributed by atoms with Crippen LogP contribution in [0.25, 0.3) is 0 Å². The minimum absolute atomic E-state index is 0.146. The first-order chi connectivity index (χ1) is 9.78. The minimum Gasteiger partial charge on any atom is -0.494 e. The van der Waals surface area contributed by atoms with E-state index in [0.29, 0.717) is 6.61 Å². The summed E-state index contributed by atoms with van der Waals surface area (Å²) >= 11 is 0. The number of carbonyl (C=O) groups excluding carboxylic acids is 1. The second-order valence-electron chi connectivity index (χ2n) is 5.05. The van der Waals surface area contributed by atoms with Gasteiger partial charge < -0.3 is 20.3 Å². The zero-order valence-electron chi connectivity index (χ0n) is 12.1. The van der Waals surface area contributed by atoms with Gasteiger partial charge in [0.25, 0.3) is 0 Å². The van der Waals surface area contributed by atoms with E-state index in [4.69, 9.17) is 4.74 Å². The van der Waals surface area contributed by atoms with Crippen LogP contribution < -0.4 is 20.3 Å². The van der Waals surface area contributed by atoms with E-state index in [2.05, 4.69) is 10.6 Å². The molecule has 0 bridgehead atoms. The van der Waals surface area contributed by atoms with E-state index in [1.54, 1.807) is 4.90 Å². The largest absolute Gasteiger partial charge is 0.494 e. The lowest BCUT2D eigenvalue weighted by Crippen LogP contribution is -3.10. The number of likely N-dealkylation sites (tertiary alicyclic amines) is 1. The first-order valence-electron chi connectivity index (χ1n) is 7.39. The fourth-order valence-corrected chi connectivity index (χ4v) is 2.45. The molecule has 2 rings (SSSR count). The molecule has 0 aliphatic carbocycles. The average Bonchev–Trinajstić information content (AvgIpc) is 2.94. The molecule has 1 aliphatic heterocycles. The van der Waals surface area contributed by atoms with Crippen molar-refractivity contribution >= 4 is 11.7 Å². The SMILES string of the molecule is CCOc1ccc(NC(=O)NCC[NH+]2CCCC2)cc1. The van der Waals surface area contributed by atoms with Crippen molar-refractivity contribution in [2.24, 2.45) is 0 Å². The molecule has 2 amide bonds. The monoisotopic (exact) mass is 278 g/mol. The van der Waals surface area contributed by atoms with Gasteiger partial charge in [0, 0.05) is 18.5 Å². The highest BCUT2D eigenvalue weighted by atomic mass is 16.5. The van der Waals surface area contributed by atoms with Crippen molar-refractivity contribution in [3.8, 4) is 5.75 Å². The molecule has 1 heterocycles. The first-order valence-corrected chi connectivity index (χ1v) is 7.39. The Hall–Kier alpha value is -1.75. The average molecular weight is 278 g/mol. The summed E-state index contributed by atoms with van der Waals surface area (Å²) in [6.45, 7) is 6.80. The Kier molecular flexibility index (Phi) is 5.68. The van der Waals surface area contributed by atoms with Crippen molar-refractivity contribution in [1.29, 1.82) is 0 Å². The van der Waals surface area contributed by atoms with Crippen molar-refractivity contribution in [3.63, 3.8) is 0 Å². The molecule has 0 atom stereocenters. The van der Waals surface area contributed by atoms with Crippen LogP contribution in [-0.4, -0.2) is 38.8 Å². The third kappa shape index (κ3) is 4.74. The van der Waals surface area contributed by atoms with Crippen LogP contribution in [0, 0.1) is 0 Å². The van der Waals surface area contributed by atoms with Gasteiger partial charge in [-0.2, -0.15) is 0 Å². The van der Waals surface area contributed by atoms with Gasteiger partial charge >= 0.3 is 6.03 Å². The lowest BCUT2D eigenvalue weighted by Gasteiger charge is -2.13. The Morgan fingerprint density at radius 3 is 2.60 bits per heavy atom. The van der Waals surface area contributed by atoms with E-state index in [9.17, 15) is 4.79 Å². The highest BCUT2D eigenvalue weighted by Crippen LogP contribution is 2.15. The molecule has 20 heavy (non-hydrogen) atoms. The van der Waals surface area contributed by atoms with Gasteiger partial charge in [0.1, 0.15) is 5.75 Å². The molecule has 0 saturated carbocycles. The molecule has 110 valence electrons. The number of rotatable bonds is 6. The van der Waals surface area contributed by atoms with Gasteiger partial charge in [-0.3, -0.25) is 0 Å². The van der Waals surface area contributed by atoms with Crippen molar-refractivity contribution < 1.29 is 14.4 Å². The zero-order chi connectivity index (χ0) is 14.2. The Bertz CT molecular complexity index is 414. The van der Waals surface area contributed by atoms with Crippen LogP contribution in [0.5, 0.6) is 5.75 Å².